The molecule has 3 nitrogen and oxygen atoms in total. The predicted octanol–water partition coefficient (Wildman–Crippen LogP) is 2.43. The summed E-state index contributed by atoms with van der Waals surface area (Å²) in [4.78, 5) is 15.4. The standard InChI is InChI=1S/C11H14N2OS/c1-8(2)13(7-6-12)11(14)10-5-4-9(3)15-10/h4-5,8H,7H2,1-3H3. The number of rotatable bonds is 3. The number of hydrogen-bond donors (Lipinski definition) is 0. The molecular formula is C11H14N2OS. The zero-order valence-corrected chi connectivity index (χ0v) is 9.97. The predicted molar refractivity (Wildman–Crippen MR) is 60.8 cm³/mol. The molecule has 15 heavy (non-hydrogen) atoms. The summed E-state index contributed by atoms with van der Waals surface area (Å²) >= 11 is 1.47. The third-order valence-electron chi connectivity index (χ3n) is 2.08. The minimum absolute atomic E-state index is 0.0512. The average molecular weight is 222 g/mol. The molecule has 1 aromatic heterocycles. The van der Waals surface area contributed by atoms with E-state index in [4.69, 9.17) is 5.26 Å². The van der Waals surface area contributed by atoms with Crippen LogP contribution in [0.1, 0.15) is 28.4 Å². The van der Waals surface area contributed by atoms with Crippen LogP contribution in [0.5, 0.6) is 0 Å². The number of hydrogen-bond acceptors (Lipinski definition) is 3. The van der Waals surface area contributed by atoms with Gasteiger partial charge in [0, 0.05) is 10.9 Å². The molecule has 0 saturated heterocycles. The molecular weight excluding hydrogens is 208 g/mol. The fraction of sp³-hybridized carbons (Fsp3) is 0.455. The minimum Gasteiger partial charge on any atom is -0.322 e. The van der Waals surface area contributed by atoms with Crippen LogP contribution < -0.4 is 0 Å². The fourth-order valence-corrected chi connectivity index (χ4v) is 2.08. The Morgan fingerprint density at radius 2 is 2.27 bits per heavy atom. The third kappa shape index (κ3) is 2.80. The number of carbonyl (C=O) groups is 1. The molecule has 0 saturated carbocycles. The molecule has 0 fully saturated rings. The number of nitriles is 1. The zero-order chi connectivity index (χ0) is 11.4. The Balaban J connectivity index is 2.86. The van der Waals surface area contributed by atoms with E-state index in [-0.39, 0.29) is 18.5 Å². The van der Waals surface area contributed by atoms with Gasteiger partial charge in [0.05, 0.1) is 10.9 Å². The van der Waals surface area contributed by atoms with Gasteiger partial charge in [-0.3, -0.25) is 4.79 Å². The molecule has 0 aliphatic rings. The van der Waals surface area contributed by atoms with Crippen LogP contribution in [-0.2, 0) is 0 Å². The lowest BCUT2D eigenvalue weighted by Gasteiger charge is -2.22. The molecule has 0 spiro atoms. The first-order valence-corrected chi connectivity index (χ1v) is 5.62. The highest BCUT2D eigenvalue weighted by Gasteiger charge is 2.19. The summed E-state index contributed by atoms with van der Waals surface area (Å²) in [5, 5.41) is 8.65. The van der Waals surface area contributed by atoms with Gasteiger partial charge < -0.3 is 4.90 Å². The van der Waals surface area contributed by atoms with Crippen LogP contribution in [0, 0.1) is 18.3 Å². The summed E-state index contributed by atoms with van der Waals surface area (Å²) in [5.74, 6) is -0.0512. The molecule has 0 aromatic carbocycles. The van der Waals surface area contributed by atoms with Crippen molar-refractivity contribution in [3.8, 4) is 6.07 Å². The van der Waals surface area contributed by atoms with Crippen molar-refractivity contribution in [3.63, 3.8) is 0 Å². The van der Waals surface area contributed by atoms with E-state index in [0.29, 0.717) is 4.88 Å². The molecule has 1 amide bonds. The molecule has 80 valence electrons. The third-order valence-corrected chi connectivity index (χ3v) is 3.07. The van der Waals surface area contributed by atoms with Crippen LogP contribution in [0.4, 0.5) is 0 Å². The largest absolute Gasteiger partial charge is 0.322 e. The molecule has 0 aliphatic carbocycles. The van der Waals surface area contributed by atoms with Crippen LogP contribution in [0.25, 0.3) is 0 Å². The van der Waals surface area contributed by atoms with E-state index in [1.807, 2.05) is 39.0 Å². The van der Waals surface area contributed by atoms with Gasteiger partial charge in [-0.05, 0) is 32.9 Å². The minimum atomic E-state index is -0.0512. The van der Waals surface area contributed by atoms with Gasteiger partial charge in [0.1, 0.15) is 6.54 Å². The Hall–Kier alpha value is -1.34. The van der Waals surface area contributed by atoms with Gasteiger partial charge in [-0.2, -0.15) is 5.26 Å². The van der Waals surface area contributed by atoms with Crippen molar-refractivity contribution in [2.45, 2.75) is 26.8 Å². The second kappa shape index (κ2) is 4.94. The monoisotopic (exact) mass is 222 g/mol. The highest BCUT2D eigenvalue weighted by Crippen LogP contribution is 2.18. The van der Waals surface area contributed by atoms with Crippen molar-refractivity contribution in [1.82, 2.24) is 4.90 Å². The smallest absolute Gasteiger partial charge is 0.265 e. The van der Waals surface area contributed by atoms with Gasteiger partial charge in [-0.15, -0.1) is 11.3 Å². The van der Waals surface area contributed by atoms with E-state index in [2.05, 4.69) is 0 Å². The Morgan fingerprint density at radius 1 is 1.60 bits per heavy atom. The van der Waals surface area contributed by atoms with Crippen molar-refractivity contribution in [1.29, 1.82) is 5.26 Å². The van der Waals surface area contributed by atoms with Gasteiger partial charge in [0.25, 0.3) is 5.91 Å². The maximum atomic E-state index is 12.0. The lowest BCUT2D eigenvalue weighted by atomic mass is 10.3. The molecule has 1 rings (SSSR count). The summed E-state index contributed by atoms with van der Waals surface area (Å²) in [6.45, 7) is 5.93. The van der Waals surface area contributed by atoms with Crippen molar-refractivity contribution >= 4 is 17.2 Å². The lowest BCUT2D eigenvalue weighted by molar-refractivity contribution is 0.0736. The highest BCUT2D eigenvalue weighted by molar-refractivity contribution is 7.13. The van der Waals surface area contributed by atoms with Crippen LogP contribution in [-0.4, -0.2) is 23.4 Å². The second-order valence-corrected chi connectivity index (χ2v) is 4.88. The summed E-state index contributed by atoms with van der Waals surface area (Å²) in [6, 6.07) is 5.81. The Bertz CT molecular complexity index is 390. The van der Waals surface area contributed by atoms with Gasteiger partial charge in [-0.25, -0.2) is 0 Å². The Labute approximate surface area is 93.9 Å². The quantitative estimate of drug-likeness (QED) is 0.737. The van der Waals surface area contributed by atoms with Crippen molar-refractivity contribution in [2.75, 3.05) is 6.54 Å². The van der Waals surface area contributed by atoms with Crippen LogP contribution in [0.15, 0.2) is 12.1 Å². The molecule has 0 radical (unpaired) electrons. The number of aryl methyl sites for hydroxylation is 1. The average Bonchev–Trinajstić information content (AvgIpc) is 2.59. The Kier molecular flexibility index (Phi) is 3.87. The van der Waals surface area contributed by atoms with Crippen LogP contribution >= 0.6 is 11.3 Å². The van der Waals surface area contributed by atoms with Crippen molar-refractivity contribution < 1.29 is 4.79 Å². The maximum Gasteiger partial charge on any atom is 0.265 e. The van der Waals surface area contributed by atoms with E-state index in [9.17, 15) is 4.79 Å². The molecule has 0 aliphatic heterocycles. The summed E-state index contributed by atoms with van der Waals surface area (Å²) in [6.07, 6.45) is 0. The van der Waals surface area contributed by atoms with Gasteiger partial charge in [0.2, 0.25) is 0 Å². The van der Waals surface area contributed by atoms with Gasteiger partial charge >= 0.3 is 0 Å². The molecule has 1 aromatic rings. The van der Waals surface area contributed by atoms with E-state index in [1.165, 1.54) is 11.3 Å². The highest BCUT2D eigenvalue weighted by atomic mass is 32.1. The molecule has 0 bridgehead atoms. The summed E-state index contributed by atoms with van der Waals surface area (Å²) < 4.78 is 0. The summed E-state index contributed by atoms with van der Waals surface area (Å²) in [7, 11) is 0. The van der Waals surface area contributed by atoms with E-state index in [0.717, 1.165) is 4.88 Å². The first-order valence-electron chi connectivity index (χ1n) is 4.80. The maximum absolute atomic E-state index is 12.0. The van der Waals surface area contributed by atoms with E-state index >= 15 is 0 Å². The van der Waals surface area contributed by atoms with Gasteiger partial charge in [-0.1, -0.05) is 0 Å². The first-order chi connectivity index (χ1) is 7.06. The van der Waals surface area contributed by atoms with E-state index in [1.54, 1.807) is 4.90 Å². The number of thiophene rings is 1. The van der Waals surface area contributed by atoms with Crippen molar-refractivity contribution in [3.05, 3.63) is 21.9 Å². The zero-order valence-electron chi connectivity index (χ0n) is 9.15. The normalized spacial score (nSPS) is 10.1. The SMILES string of the molecule is Cc1ccc(C(=O)N(CC#N)C(C)C)s1. The van der Waals surface area contributed by atoms with Crippen LogP contribution in [0.2, 0.25) is 0 Å². The fourth-order valence-electron chi connectivity index (χ4n) is 1.26. The summed E-state index contributed by atoms with van der Waals surface area (Å²) in [5.41, 5.74) is 0. The molecule has 1 heterocycles. The van der Waals surface area contributed by atoms with Crippen LogP contribution in [0.3, 0.4) is 0 Å². The first kappa shape index (κ1) is 11.7. The van der Waals surface area contributed by atoms with E-state index < -0.39 is 0 Å². The molecule has 0 atom stereocenters. The molecule has 0 N–H and O–H groups in total. The molecule has 0 unspecified atom stereocenters. The lowest BCUT2D eigenvalue weighted by Crippen LogP contribution is -2.36. The van der Waals surface area contributed by atoms with Crippen molar-refractivity contribution in [2.24, 2.45) is 0 Å². The van der Waals surface area contributed by atoms with Gasteiger partial charge in [0.15, 0.2) is 0 Å². The topological polar surface area (TPSA) is 44.1 Å². The Morgan fingerprint density at radius 3 is 2.67 bits per heavy atom. The number of amides is 1. The number of carbonyl (C=O) groups excluding carboxylic acids is 1. The number of nitrogens with zero attached hydrogens (tertiary/aromatic N) is 2. The molecule has 4 heteroatoms. The second-order valence-electron chi connectivity index (χ2n) is 3.60.